The van der Waals surface area contributed by atoms with Gasteiger partial charge in [-0.15, -0.1) is 0 Å². The summed E-state index contributed by atoms with van der Waals surface area (Å²) in [5.74, 6) is 0.807. The summed E-state index contributed by atoms with van der Waals surface area (Å²) in [5, 5.41) is 0. The molecular weight excluding hydrogens is 308 g/mol. The Bertz CT molecular complexity index is 512. The summed E-state index contributed by atoms with van der Waals surface area (Å²) in [7, 11) is -3.40. The first-order valence-corrected chi connectivity index (χ1v) is 7.84. The Kier molecular flexibility index (Phi) is 3.75. The van der Waals surface area contributed by atoms with Crippen molar-refractivity contribution in [1.82, 2.24) is 0 Å². The van der Waals surface area contributed by atoms with Gasteiger partial charge in [0.05, 0.1) is 6.26 Å². The number of ether oxygens (including phenoxy) is 1. The monoisotopic (exact) mass is 320 g/mol. The van der Waals surface area contributed by atoms with E-state index in [0.29, 0.717) is 0 Å². The fourth-order valence-electron chi connectivity index (χ4n) is 1.73. The maximum Gasteiger partial charge on any atom is 0.264 e. The molecule has 2 rings (SSSR count). The van der Waals surface area contributed by atoms with E-state index in [9.17, 15) is 8.42 Å². The van der Waals surface area contributed by atoms with Crippen LogP contribution in [0.2, 0.25) is 0 Å². The molecule has 17 heavy (non-hydrogen) atoms. The lowest BCUT2D eigenvalue weighted by Gasteiger charge is -2.25. The van der Waals surface area contributed by atoms with Gasteiger partial charge in [0.2, 0.25) is 0 Å². The minimum absolute atomic E-state index is 0.0777. The molecule has 1 aromatic carbocycles. The molecule has 1 unspecified atom stereocenters. The van der Waals surface area contributed by atoms with Gasteiger partial charge in [0.15, 0.2) is 0 Å². The molecule has 0 fully saturated rings. The summed E-state index contributed by atoms with van der Waals surface area (Å²) >= 11 is 3.40. The standard InChI is InChI=1S/C11H13BrO4S/c1-17(13,14)15-7-10-4-2-8-6-9(12)3-5-11(8)16-10/h3,5-6,10H,2,4,7H2,1H3. The number of rotatable bonds is 3. The van der Waals surface area contributed by atoms with Crippen molar-refractivity contribution in [3.05, 3.63) is 28.2 Å². The van der Waals surface area contributed by atoms with E-state index >= 15 is 0 Å². The van der Waals surface area contributed by atoms with Gasteiger partial charge < -0.3 is 4.74 Å². The van der Waals surface area contributed by atoms with Crippen molar-refractivity contribution >= 4 is 26.0 Å². The predicted octanol–water partition coefficient (Wildman–Crippen LogP) is 2.12. The zero-order chi connectivity index (χ0) is 12.5. The van der Waals surface area contributed by atoms with Crippen molar-refractivity contribution in [2.75, 3.05) is 12.9 Å². The van der Waals surface area contributed by atoms with Gasteiger partial charge in [-0.1, -0.05) is 15.9 Å². The Morgan fingerprint density at radius 2 is 2.29 bits per heavy atom. The van der Waals surface area contributed by atoms with Gasteiger partial charge in [-0.05, 0) is 36.6 Å². The van der Waals surface area contributed by atoms with Crippen LogP contribution in [0.15, 0.2) is 22.7 Å². The van der Waals surface area contributed by atoms with Gasteiger partial charge in [0, 0.05) is 4.47 Å². The third kappa shape index (κ3) is 3.69. The first-order valence-electron chi connectivity index (χ1n) is 5.23. The van der Waals surface area contributed by atoms with Gasteiger partial charge in [-0.25, -0.2) is 0 Å². The van der Waals surface area contributed by atoms with E-state index in [0.717, 1.165) is 34.9 Å². The molecular formula is C11H13BrO4S. The van der Waals surface area contributed by atoms with Crippen molar-refractivity contribution in [2.24, 2.45) is 0 Å². The van der Waals surface area contributed by atoms with Crippen molar-refractivity contribution in [2.45, 2.75) is 18.9 Å². The van der Waals surface area contributed by atoms with Gasteiger partial charge in [0.25, 0.3) is 10.1 Å². The highest BCUT2D eigenvalue weighted by atomic mass is 79.9. The largest absolute Gasteiger partial charge is 0.488 e. The SMILES string of the molecule is CS(=O)(=O)OCC1CCc2cc(Br)ccc2O1. The first-order chi connectivity index (χ1) is 7.94. The van der Waals surface area contributed by atoms with Crippen LogP contribution in [-0.2, 0) is 20.7 Å². The summed E-state index contributed by atoms with van der Waals surface area (Å²) in [6.07, 6.45) is 2.48. The van der Waals surface area contributed by atoms with Crippen LogP contribution in [-0.4, -0.2) is 27.4 Å². The van der Waals surface area contributed by atoms with Crippen molar-refractivity contribution in [1.29, 1.82) is 0 Å². The summed E-state index contributed by atoms with van der Waals surface area (Å²) in [4.78, 5) is 0. The highest BCUT2D eigenvalue weighted by Crippen LogP contribution is 2.30. The second-order valence-corrected chi connectivity index (χ2v) is 6.58. The number of hydrogen-bond acceptors (Lipinski definition) is 4. The van der Waals surface area contributed by atoms with Gasteiger partial charge in [-0.2, -0.15) is 8.42 Å². The summed E-state index contributed by atoms with van der Waals surface area (Å²) in [5.41, 5.74) is 1.13. The highest BCUT2D eigenvalue weighted by molar-refractivity contribution is 9.10. The average Bonchev–Trinajstić information content (AvgIpc) is 2.25. The number of hydrogen-bond donors (Lipinski definition) is 0. The molecule has 94 valence electrons. The van der Waals surface area contributed by atoms with E-state index < -0.39 is 10.1 Å². The summed E-state index contributed by atoms with van der Waals surface area (Å²) in [6, 6.07) is 5.80. The van der Waals surface area contributed by atoms with Crippen LogP contribution in [0.5, 0.6) is 5.75 Å². The maximum absolute atomic E-state index is 10.9. The summed E-state index contributed by atoms with van der Waals surface area (Å²) < 4.78 is 33.2. The molecule has 0 aliphatic carbocycles. The first kappa shape index (κ1) is 12.9. The van der Waals surface area contributed by atoms with Crippen LogP contribution >= 0.6 is 15.9 Å². The highest BCUT2D eigenvalue weighted by Gasteiger charge is 2.21. The average molecular weight is 321 g/mol. The molecule has 0 N–H and O–H groups in total. The Balaban J connectivity index is 2.01. The van der Waals surface area contributed by atoms with Crippen LogP contribution in [0.4, 0.5) is 0 Å². The van der Waals surface area contributed by atoms with Crippen LogP contribution in [0, 0.1) is 0 Å². The second-order valence-electron chi connectivity index (χ2n) is 4.02. The third-order valence-corrected chi connectivity index (χ3v) is 3.58. The van der Waals surface area contributed by atoms with Crippen LogP contribution < -0.4 is 4.74 Å². The lowest BCUT2D eigenvalue weighted by atomic mass is 10.0. The molecule has 6 heteroatoms. The van der Waals surface area contributed by atoms with Gasteiger partial charge >= 0.3 is 0 Å². The quantitative estimate of drug-likeness (QED) is 0.800. The second kappa shape index (κ2) is 4.96. The molecule has 1 aliphatic heterocycles. The van der Waals surface area contributed by atoms with E-state index in [1.165, 1.54) is 0 Å². The molecule has 1 aromatic rings. The van der Waals surface area contributed by atoms with Crippen molar-refractivity contribution in [3.63, 3.8) is 0 Å². The zero-order valence-electron chi connectivity index (χ0n) is 9.35. The topological polar surface area (TPSA) is 52.6 Å². The fourth-order valence-corrected chi connectivity index (χ4v) is 2.54. The van der Waals surface area contributed by atoms with Crippen molar-refractivity contribution < 1.29 is 17.3 Å². The minimum Gasteiger partial charge on any atom is -0.488 e. The lowest BCUT2D eigenvalue weighted by Crippen LogP contribution is -2.28. The van der Waals surface area contributed by atoms with Crippen LogP contribution in [0.3, 0.4) is 0 Å². The van der Waals surface area contributed by atoms with E-state index in [2.05, 4.69) is 15.9 Å². The van der Waals surface area contributed by atoms with E-state index in [-0.39, 0.29) is 12.7 Å². The van der Waals surface area contributed by atoms with Gasteiger partial charge in [0.1, 0.15) is 18.5 Å². The Morgan fingerprint density at radius 1 is 1.53 bits per heavy atom. The molecule has 1 heterocycles. The number of benzene rings is 1. The molecule has 0 aromatic heterocycles. The molecule has 1 atom stereocenters. The summed E-state index contributed by atoms with van der Waals surface area (Å²) in [6.45, 7) is 0.0777. The van der Waals surface area contributed by atoms with Crippen molar-refractivity contribution in [3.8, 4) is 5.75 Å². The molecule has 0 amide bonds. The van der Waals surface area contributed by atoms with E-state index in [1.807, 2.05) is 18.2 Å². The van der Waals surface area contributed by atoms with Gasteiger partial charge in [-0.3, -0.25) is 4.18 Å². The Hall–Kier alpha value is -0.590. The van der Waals surface area contributed by atoms with Crippen LogP contribution in [0.1, 0.15) is 12.0 Å². The number of fused-ring (bicyclic) bond motifs is 1. The smallest absolute Gasteiger partial charge is 0.264 e. The zero-order valence-corrected chi connectivity index (χ0v) is 11.8. The maximum atomic E-state index is 10.9. The minimum atomic E-state index is -3.40. The predicted molar refractivity (Wildman–Crippen MR) is 67.7 cm³/mol. The molecule has 0 radical (unpaired) electrons. The van der Waals surface area contributed by atoms with E-state index in [4.69, 9.17) is 8.92 Å². The van der Waals surface area contributed by atoms with E-state index in [1.54, 1.807) is 0 Å². The molecule has 0 saturated carbocycles. The Labute approximate surface area is 109 Å². The lowest BCUT2D eigenvalue weighted by molar-refractivity contribution is 0.113. The normalized spacial score (nSPS) is 19.5. The fraction of sp³-hybridized carbons (Fsp3) is 0.455. The molecule has 0 saturated heterocycles. The third-order valence-electron chi connectivity index (χ3n) is 2.52. The molecule has 1 aliphatic rings. The molecule has 0 bridgehead atoms. The van der Waals surface area contributed by atoms with Crippen LogP contribution in [0.25, 0.3) is 0 Å². The molecule has 0 spiro atoms. The Morgan fingerprint density at radius 3 is 3.00 bits per heavy atom. The number of halogens is 1. The number of aryl methyl sites for hydroxylation is 1. The molecule has 4 nitrogen and oxygen atoms in total.